The Hall–Kier alpha value is -0.960. The number of benzene rings is 1. The van der Waals surface area contributed by atoms with E-state index in [1.807, 2.05) is 0 Å². The molecule has 3 atom stereocenters. The van der Waals surface area contributed by atoms with Crippen LogP contribution in [0.4, 0.5) is 8.78 Å². The summed E-state index contributed by atoms with van der Waals surface area (Å²) in [5.41, 5.74) is 0.640. The van der Waals surface area contributed by atoms with Crippen LogP contribution in [0.15, 0.2) is 18.2 Å². The number of hydrogen-bond acceptors (Lipinski definition) is 1. The standard InChI is InChI=1S/C16H21F2N/c1-2-5-19-16(12-7-10-6-11(10)8-12)14-4-3-13(17)9-15(14)18/h3-4,9-12,16,19H,2,5-8H2,1H3. The first kappa shape index (κ1) is 13.0. The van der Waals surface area contributed by atoms with Crippen molar-refractivity contribution < 1.29 is 8.78 Å². The Morgan fingerprint density at radius 2 is 1.95 bits per heavy atom. The summed E-state index contributed by atoms with van der Waals surface area (Å²) in [6, 6.07) is 4.04. The summed E-state index contributed by atoms with van der Waals surface area (Å²) < 4.78 is 27.1. The number of nitrogens with one attached hydrogen (secondary N) is 1. The van der Waals surface area contributed by atoms with Gasteiger partial charge in [0.15, 0.2) is 0 Å². The second kappa shape index (κ2) is 5.20. The molecular weight excluding hydrogens is 244 g/mol. The number of rotatable bonds is 5. The average molecular weight is 265 g/mol. The Labute approximate surface area is 113 Å². The van der Waals surface area contributed by atoms with Crippen LogP contribution in [0.25, 0.3) is 0 Å². The molecule has 0 amide bonds. The van der Waals surface area contributed by atoms with Crippen LogP contribution in [0.3, 0.4) is 0 Å². The molecule has 2 saturated carbocycles. The van der Waals surface area contributed by atoms with Crippen molar-refractivity contribution in [3.8, 4) is 0 Å². The lowest BCUT2D eigenvalue weighted by Crippen LogP contribution is -2.29. The third kappa shape index (κ3) is 2.66. The van der Waals surface area contributed by atoms with Crippen LogP contribution in [0, 0.1) is 29.4 Å². The van der Waals surface area contributed by atoms with E-state index in [9.17, 15) is 8.78 Å². The molecule has 0 radical (unpaired) electrons. The van der Waals surface area contributed by atoms with E-state index in [-0.39, 0.29) is 6.04 Å². The van der Waals surface area contributed by atoms with Gasteiger partial charge in [0.25, 0.3) is 0 Å². The highest BCUT2D eigenvalue weighted by Crippen LogP contribution is 2.57. The van der Waals surface area contributed by atoms with Crippen molar-refractivity contribution in [2.24, 2.45) is 17.8 Å². The molecule has 2 aliphatic carbocycles. The van der Waals surface area contributed by atoms with Crippen LogP contribution in [-0.2, 0) is 0 Å². The molecule has 3 rings (SSSR count). The Morgan fingerprint density at radius 3 is 2.58 bits per heavy atom. The number of hydrogen-bond donors (Lipinski definition) is 1. The van der Waals surface area contributed by atoms with Crippen molar-refractivity contribution in [1.29, 1.82) is 0 Å². The molecule has 0 bridgehead atoms. The third-order valence-corrected chi connectivity index (χ3v) is 4.66. The number of fused-ring (bicyclic) bond motifs is 1. The Balaban J connectivity index is 1.80. The van der Waals surface area contributed by atoms with Crippen molar-refractivity contribution in [1.82, 2.24) is 5.32 Å². The molecule has 0 aliphatic heterocycles. The predicted octanol–water partition coefficient (Wildman–Crippen LogP) is 4.05. The minimum atomic E-state index is -0.496. The fraction of sp³-hybridized carbons (Fsp3) is 0.625. The number of halogens is 2. The lowest BCUT2D eigenvalue weighted by Gasteiger charge is -2.27. The molecule has 1 nitrogen and oxygen atoms in total. The van der Waals surface area contributed by atoms with Gasteiger partial charge in [-0.05, 0) is 56.0 Å². The lowest BCUT2D eigenvalue weighted by atomic mass is 9.88. The first-order valence-corrected chi connectivity index (χ1v) is 7.37. The highest BCUT2D eigenvalue weighted by molar-refractivity contribution is 5.24. The minimum absolute atomic E-state index is 0.0494. The van der Waals surface area contributed by atoms with Crippen LogP contribution in [-0.4, -0.2) is 6.54 Å². The van der Waals surface area contributed by atoms with Crippen LogP contribution in [0.2, 0.25) is 0 Å². The predicted molar refractivity (Wildman–Crippen MR) is 71.7 cm³/mol. The maximum Gasteiger partial charge on any atom is 0.130 e. The van der Waals surface area contributed by atoms with Crippen LogP contribution in [0.1, 0.15) is 44.2 Å². The second-order valence-electron chi connectivity index (χ2n) is 6.08. The summed E-state index contributed by atoms with van der Waals surface area (Å²) in [6.45, 7) is 2.99. The van der Waals surface area contributed by atoms with Crippen LogP contribution in [0.5, 0.6) is 0 Å². The minimum Gasteiger partial charge on any atom is -0.310 e. The summed E-state index contributed by atoms with van der Waals surface area (Å²) in [5.74, 6) is 1.35. The van der Waals surface area contributed by atoms with E-state index in [1.165, 1.54) is 25.3 Å². The first-order valence-electron chi connectivity index (χ1n) is 7.37. The van der Waals surface area contributed by atoms with Crippen molar-refractivity contribution in [2.75, 3.05) is 6.54 Å². The van der Waals surface area contributed by atoms with E-state index in [0.29, 0.717) is 11.5 Å². The maximum atomic E-state index is 14.0. The van der Waals surface area contributed by atoms with E-state index in [2.05, 4.69) is 12.2 Å². The zero-order chi connectivity index (χ0) is 13.4. The highest BCUT2D eigenvalue weighted by atomic mass is 19.1. The van der Waals surface area contributed by atoms with Gasteiger partial charge < -0.3 is 5.32 Å². The zero-order valence-electron chi connectivity index (χ0n) is 11.3. The summed E-state index contributed by atoms with van der Waals surface area (Å²) in [5, 5.41) is 3.47. The summed E-state index contributed by atoms with van der Waals surface area (Å²) in [7, 11) is 0. The molecule has 3 heteroatoms. The van der Waals surface area contributed by atoms with Gasteiger partial charge in [-0.1, -0.05) is 13.0 Å². The van der Waals surface area contributed by atoms with Gasteiger partial charge in [-0.15, -0.1) is 0 Å². The molecule has 0 aromatic heterocycles. The van der Waals surface area contributed by atoms with Crippen molar-refractivity contribution in [2.45, 2.75) is 38.6 Å². The molecule has 0 saturated heterocycles. The molecule has 1 aromatic carbocycles. The van der Waals surface area contributed by atoms with Gasteiger partial charge >= 0.3 is 0 Å². The summed E-state index contributed by atoms with van der Waals surface area (Å²) in [6.07, 6.45) is 4.79. The third-order valence-electron chi connectivity index (χ3n) is 4.66. The van der Waals surface area contributed by atoms with Gasteiger partial charge in [0.05, 0.1) is 0 Å². The smallest absolute Gasteiger partial charge is 0.130 e. The Kier molecular flexibility index (Phi) is 3.57. The van der Waals surface area contributed by atoms with Gasteiger partial charge in [0.1, 0.15) is 11.6 Å². The van der Waals surface area contributed by atoms with Crippen molar-refractivity contribution in [3.63, 3.8) is 0 Å². The van der Waals surface area contributed by atoms with Gasteiger partial charge in [-0.2, -0.15) is 0 Å². The average Bonchev–Trinajstić information content (AvgIpc) is 2.99. The van der Waals surface area contributed by atoms with E-state index < -0.39 is 11.6 Å². The maximum absolute atomic E-state index is 14.0. The highest BCUT2D eigenvalue weighted by Gasteiger charge is 2.48. The SMILES string of the molecule is CCCNC(c1ccc(F)cc1F)C1CC2CC2C1. The fourth-order valence-corrected chi connectivity index (χ4v) is 3.62. The van der Waals surface area contributed by atoms with E-state index in [4.69, 9.17) is 0 Å². The first-order chi connectivity index (χ1) is 9.19. The largest absolute Gasteiger partial charge is 0.310 e. The van der Waals surface area contributed by atoms with Gasteiger partial charge in [0, 0.05) is 17.7 Å². The van der Waals surface area contributed by atoms with E-state index in [1.54, 1.807) is 6.07 Å². The molecule has 2 aliphatic rings. The second-order valence-corrected chi connectivity index (χ2v) is 6.08. The molecule has 104 valence electrons. The molecule has 1 N–H and O–H groups in total. The van der Waals surface area contributed by atoms with Crippen molar-refractivity contribution >= 4 is 0 Å². The van der Waals surface area contributed by atoms with Crippen molar-refractivity contribution in [3.05, 3.63) is 35.4 Å². The summed E-state index contributed by atoms with van der Waals surface area (Å²) in [4.78, 5) is 0. The Bertz CT molecular complexity index is 450. The molecule has 3 unspecified atom stereocenters. The lowest BCUT2D eigenvalue weighted by molar-refractivity contribution is 0.332. The zero-order valence-corrected chi connectivity index (χ0v) is 11.3. The van der Waals surface area contributed by atoms with Gasteiger partial charge in [-0.3, -0.25) is 0 Å². The van der Waals surface area contributed by atoms with Gasteiger partial charge in [-0.25, -0.2) is 8.78 Å². The molecular formula is C16H21F2N. The van der Waals surface area contributed by atoms with E-state index in [0.717, 1.165) is 30.9 Å². The monoisotopic (exact) mass is 265 g/mol. The summed E-state index contributed by atoms with van der Waals surface area (Å²) >= 11 is 0. The van der Waals surface area contributed by atoms with Gasteiger partial charge in [0.2, 0.25) is 0 Å². The molecule has 0 heterocycles. The van der Waals surface area contributed by atoms with E-state index >= 15 is 0 Å². The quantitative estimate of drug-likeness (QED) is 0.847. The molecule has 1 aromatic rings. The Morgan fingerprint density at radius 1 is 1.21 bits per heavy atom. The topological polar surface area (TPSA) is 12.0 Å². The molecule has 2 fully saturated rings. The normalized spacial score (nSPS) is 30.2. The molecule has 0 spiro atoms. The molecule has 19 heavy (non-hydrogen) atoms. The van der Waals surface area contributed by atoms with Crippen LogP contribution < -0.4 is 5.32 Å². The van der Waals surface area contributed by atoms with Crippen LogP contribution >= 0.6 is 0 Å². The fourth-order valence-electron chi connectivity index (χ4n) is 3.62.